The number of carbonyl (C=O) groups is 1. The summed E-state index contributed by atoms with van der Waals surface area (Å²) in [6.07, 6.45) is 0.411. The smallest absolute Gasteiger partial charge is 0.227 e. The van der Waals surface area contributed by atoms with Gasteiger partial charge in [0, 0.05) is 11.5 Å². The molecular formula is C17H15BrN2OS. The van der Waals surface area contributed by atoms with E-state index >= 15 is 0 Å². The first-order chi connectivity index (χ1) is 10.6. The maximum Gasteiger partial charge on any atom is 0.227 e. The Labute approximate surface area is 141 Å². The fraction of sp³-hybridized carbons (Fsp3) is 0.176. The second-order valence-corrected chi connectivity index (χ2v) is 7.16. The monoisotopic (exact) mass is 374 g/mol. The van der Waals surface area contributed by atoms with Gasteiger partial charge in [-0.25, -0.2) is 4.98 Å². The lowest BCUT2D eigenvalue weighted by Gasteiger charge is -2.15. The Kier molecular flexibility index (Phi) is 4.55. The molecule has 3 aromatic rings. The molecule has 0 fully saturated rings. The number of carbonyl (C=O) groups excluding carboxylic acids is 1. The molecule has 0 bridgehead atoms. The highest BCUT2D eigenvalue weighted by atomic mass is 79.9. The Morgan fingerprint density at radius 1 is 1.18 bits per heavy atom. The molecule has 0 aliphatic rings. The van der Waals surface area contributed by atoms with Crippen LogP contribution in [0.15, 0.2) is 53.0 Å². The van der Waals surface area contributed by atoms with E-state index in [1.54, 1.807) is 16.2 Å². The van der Waals surface area contributed by atoms with Crippen molar-refractivity contribution in [3.05, 3.63) is 63.6 Å². The number of aromatic nitrogens is 1. The van der Waals surface area contributed by atoms with E-state index in [4.69, 9.17) is 0 Å². The highest BCUT2D eigenvalue weighted by molar-refractivity contribution is 9.10. The molecule has 112 valence electrons. The van der Waals surface area contributed by atoms with Gasteiger partial charge in [-0.15, -0.1) is 11.3 Å². The van der Waals surface area contributed by atoms with Crippen LogP contribution in [-0.4, -0.2) is 22.8 Å². The molecule has 0 radical (unpaired) electrons. The molecule has 22 heavy (non-hydrogen) atoms. The Bertz CT molecular complexity index is 765. The van der Waals surface area contributed by atoms with Gasteiger partial charge >= 0.3 is 0 Å². The molecule has 1 aromatic heterocycles. The summed E-state index contributed by atoms with van der Waals surface area (Å²) >= 11 is 5.04. The Hall–Kier alpha value is -1.72. The molecule has 0 unspecified atom stereocenters. The molecule has 1 amide bonds. The van der Waals surface area contributed by atoms with Crippen LogP contribution in [0.1, 0.15) is 10.6 Å². The lowest BCUT2D eigenvalue weighted by molar-refractivity contribution is -0.129. The van der Waals surface area contributed by atoms with E-state index < -0.39 is 0 Å². The molecule has 0 aliphatic carbocycles. The summed E-state index contributed by atoms with van der Waals surface area (Å²) in [5.41, 5.74) is 2.01. The van der Waals surface area contributed by atoms with Crippen molar-refractivity contribution in [1.82, 2.24) is 9.88 Å². The molecule has 0 atom stereocenters. The maximum absolute atomic E-state index is 12.3. The van der Waals surface area contributed by atoms with Crippen LogP contribution < -0.4 is 0 Å². The quantitative estimate of drug-likeness (QED) is 0.683. The van der Waals surface area contributed by atoms with Crippen LogP contribution in [0, 0.1) is 0 Å². The van der Waals surface area contributed by atoms with Crippen LogP contribution in [0.3, 0.4) is 0 Å². The third-order valence-corrected chi connectivity index (χ3v) is 4.95. The van der Waals surface area contributed by atoms with E-state index in [1.165, 1.54) is 0 Å². The van der Waals surface area contributed by atoms with E-state index in [0.717, 1.165) is 25.3 Å². The number of hydrogen-bond donors (Lipinski definition) is 0. The zero-order chi connectivity index (χ0) is 15.5. The minimum Gasteiger partial charge on any atom is -0.339 e. The molecule has 3 rings (SSSR count). The topological polar surface area (TPSA) is 33.2 Å². The molecule has 3 nitrogen and oxygen atoms in total. The fourth-order valence-electron chi connectivity index (χ4n) is 2.19. The number of hydrogen-bond acceptors (Lipinski definition) is 3. The summed E-state index contributed by atoms with van der Waals surface area (Å²) in [5, 5.41) is 0.966. The minimum atomic E-state index is 0.0987. The van der Waals surface area contributed by atoms with Gasteiger partial charge in [-0.3, -0.25) is 4.79 Å². The average molecular weight is 375 g/mol. The Morgan fingerprint density at radius 2 is 1.91 bits per heavy atom. The first kappa shape index (κ1) is 15.2. The lowest BCUT2D eigenvalue weighted by atomic mass is 10.1. The summed E-state index contributed by atoms with van der Waals surface area (Å²) in [7, 11) is 1.83. The fourth-order valence-corrected chi connectivity index (χ4v) is 3.48. The standard InChI is InChI=1S/C17H15BrN2OS/c1-20(17(21)10-12-6-8-13(18)9-7-12)11-16-19-14-4-2-3-5-15(14)22-16/h2-9H,10-11H2,1H3. The highest BCUT2D eigenvalue weighted by Crippen LogP contribution is 2.22. The number of nitrogens with zero attached hydrogens (tertiary/aromatic N) is 2. The largest absolute Gasteiger partial charge is 0.339 e. The van der Waals surface area contributed by atoms with Crippen LogP contribution in [0.5, 0.6) is 0 Å². The van der Waals surface area contributed by atoms with Gasteiger partial charge in [0.25, 0.3) is 0 Å². The summed E-state index contributed by atoms with van der Waals surface area (Å²) in [6.45, 7) is 0.550. The molecule has 0 aliphatic heterocycles. The van der Waals surface area contributed by atoms with Crippen molar-refractivity contribution in [3.8, 4) is 0 Å². The number of halogens is 1. The van der Waals surface area contributed by atoms with E-state index in [9.17, 15) is 4.79 Å². The summed E-state index contributed by atoms with van der Waals surface area (Å²) in [4.78, 5) is 18.6. The van der Waals surface area contributed by atoms with Gasteiger partial charge in [0.1, 0.15) is 5.01 Å². The number of rotatable bonds is 4. The molecule has 2 aromatic carbocycles. The second kappa shape index (κ2) is 6.58. The maximum atomic E-state index is 12.3. The summed E-state index contributed by atoms with van der Waals surface area (Å²) in [6, 6.07) is 15.9. The predicted molar refractivity (Wildman–Crippen MR) is 93.9 cm³/mol. The van der Waals surface area contributed by atoms with Crippen LogP contribution >= 0.6 is 27.3 Å². The third kappa shape index (κ3) is 3.54. The third-order valence-electron chi connectivity index (χ3n) is 3.40. The molecule has 0 saturated carbocycles. The molecule has 0 N–H and O–H groups in total. The zero-order valence-electron chi connectivity index (χ0n) is 12.1. The summed E-state index contributed by atoms with van der Waals surface area (Å²) < 4.78 is 2.18. The van der Waals surface area contributed by atoms with Gasteiger partial charge in [-0.05, 0) is 29.8 Å². The molecule has 1 heterocycles. The van der Waals surface area contributed by atoms with Crippen molar-refractivity contribution in [2.75, 3.05) is 7.05 Å². The van der Waals surface area contributed by atoms with E-state index in [0.29, 0.717) is 13.0 Å². The molecule has 0 spiro atoms. The molecule has 0 saturated heterocycles. The van der Waals surface area contributed by atoms with Crippen molar-refractivity contribution < 1.29 is 4.79 Å². The van der Waals surface area contributed by atoms with Crippen LogP contribution in [-0.2, 0) is 17.8 Å². The predicted octanol–water partition coefficient (Wildman–Crippen LogP) is 4.26. The second-order valence-electron chi connectivity index (χ2n) is 5.13. The van der Waals surface area contributed by atoms with Gasteiger partial charge in [0.15, 0.2) is 0 Å². The first-order valence-corrected chi connectivity index (χ1v) is 8.55. The van der Waals surface area contributed by atoms with Crippen molar-refractivity contribution in [2.45, 2.75) is 13.0 Å². The summed E-state index contributed by atoms with van der Waals surface area (Å²) in [5.74, 6) is 0.0987. The number of benzene rings is 2. The Morgan fingerprint density at radius 3 is 2.64 bits per heavy atom. The SMILES string of the molecule is CN(Cc1nc2ccccc2s1)C(=O)Cc1ccc(Br)cc1. The minimum absolute atomic E-state index is 0.0987. The lowest BCUT2D eigenvalue weighted by Crippen LogP contribution is -2.27. The van der Waals surface area contributed by atoms with Crippen LogP contribution in [0.2, 0.25) is 0 Å². The number of para-hydroxylation sites is 1. The van der Waals surface area contributed by atoms with Gasteiger partial charge in [0.2, 0.25) is 5.91 Å². The first-order valence-electron chi connectivity index (χ1n) is 6.94. The van der Waals surface area contributed by atoms with E-state index in [2.05, 4.69) is 27.0 Å². The van der Waals surface area contributed by atoms with Crippen LogP contribution in [0.4, 0.5) is 0 Å². The number of likely N-dealkylation sites (N-methyl/N-ethyl adjacent to an activating group) is 1. The zero-order valence-corrected chi connectivity index (χ0v) is 14.5. The Balaban J connectivity index is 1.66. The molecule has 5 heteroatoms. The average Bonchev–Trinajstić information content (AvgIpc) is 2.91. The molecular weight excluding hydrogens is 360 g/mol. The van der Waals surface area contributed by atoms with Crippen molar-refractivity contribution in [3.63, 3.8) is 0 Å². The van der Waals surface area contributed by atoms with Crippen molar-refractivity contribution in [2.24, 2.45) is 0 Å². The van der Waals surface area contributed by atoms with Gasteiger partial charge < -0.3 is 4.90 Å². The van der Waals surface area contributed by atoms with Gasteiger partial charge in [0.05, 0.1) is 23.2 Å². The number of fused-ring (bicyclic) bond motifs is 1. The van der Waals surface area contributed by atoms with E-state index in [1.807, 2.05) is 49.5 Å². The normalized spacial score (nSPS) is 10.8. The highest BCUT2D eigenvalue weighted by Gasteiger charge is 2.12. The van der Waals surface area contributed by atoms with Crippen LogP contribution in [0.25, 0.3) is 10.2 Å². The van der Waals surface area contributed by atoms with Crippen molar-refractivity contribution in [1.29, 1.82) is 0 Å². The van der Waals surface area contributed by atoms with Gasteiger partial charge in [-0.2, -0.15) is 0 Å². The number of amides is 1. The van der Waals surface area contributed by atoms with Crippen molar-refractivity contribution >= 4 is 43.4 Å². The van der Waals surface area contributed by atoms with E-state index in [-0.39, 0.29) is 5.91 Å². The number of thiazole rings is 1. The van der Waals surface area contributed by atoms with Gasteiger partial charge in [-0.1, -0.05) is 40.2 Å².